The van der Waals surface area contributed by atoms with Crippen molar-refractivity contribution in [3.8, 4) is 10.7 Å². The van der Waals surface area contributed by atoms with E-state index in [0.717, 1.165) is 10.6 Å². The lowest BCUT2D eigenvalue weighted by atomic mass is 10.4. The second-order valence-corrected chi connectivity index (χ2v) is 3.22. The van der Waals surface area contributed by atoms with Gasteiger partial charge in [0.1, 0.15) is 4.88 Å². The Kier molecular flexibility index (Phi) is 1.90. The summed E-state index contributed by atoms with van der Waals surface area (Å²) in [6.07, 6.45) is 1.47. The van der Waals surface area contributed by atoms with Gasteiger partial charge in [0.25, 0.3) is 5.56 Å². The quantitative estimate of drug-likeness (QED) is 0.721. The molecular weight excluding hydrogens is 188 g/mol. The molecule has 0 atom stereocenters. The lowest BCUT2D eigenvalue weighted by Crippen LogP contribution is -2.05. The summed E-state index contributed by atoms with van der Waals surface area (Å²) in [5.41, 5.74) is 0.608. The Hall–Kier alpha value is -1.56. The van der Waals surface area contributed by atoms with Gasteiger partial charge in [0, 0.05) is 12.3 Å². The third-order valence-corrected chi connectivity index (χ3v) is 2.37. The highest BCUT2D eigenvalue weighted by atomic mass is 32.1. The van der Waals surface area contributed by atoms with Crippen LogP contribution in [0.15, 0.2) is 17.1 Å². The lowest BCUT2D eigenvalue weighted by molar-refractivity contribution is 1.07. The Morgan fingerprint density at radius 3 is 3.00 bits per heavy atom. The summed E-state index contributed by atoms with van der Waals surface area (Å²) in [7, 11) is 0. The van der Waals surface area contributed by atoms with Gasteiger partial charge < -0.3 is 4.98 Å². The van der Waals surface area contributed by atoms with Crippen LogP contribution in [0.2, 0.25) is 0 Å². The van der Waals surface area contributed by atoms with E-state index < -0.39 is 0 Å². The molecule has 0 aliphatic rings. The van der Waals surface area contributed by atoms with Crippen molar-refractivity contribution < 1.29 is 0 Å². The molecular formula is C7H6N4OS. The Balaban J connectivity index is 2.59. The van der Waals surface area contributed by atoms with Crippen LogP contribution in [0.4, 0.5) is 0 Å². The molecule has 0 amide bonds. The van der Waals surface area contributed by atoms with Gasteiger partial charge in [-0.3, -0.25) is 4.79 Å². The van der Waals surface area contributed by atoms with Crippen molar-refractivity contribution in [2.75, 3.05) is 0 Å². The minimum Gasteiger partial charge on any atom is -0.306 e. The van der Waals surface area contributed by atoms with E-state index in [1.807, 2.05) is 6.92 Å². The number of H-pyrrole nitrogens is 1. The van der Waals surface area contributed by atoms with Crippen molar-refractivity contribution in [3.63, 3.8) is 0 Å². The first-order valence-electron chi connectivity index (χ1n) is 3.62. The minimum atomic E-state index is -0.169. The lowest BCUT2D eigenvalue weighted by Gasteiger charge is -1.93. The number of aromatic nitrogens is 4. The highest BCUT2D eigenvalue weighted by molar-refractivity contribution is 7.09. The summed E-state index contributed by atoms with van der Waals surface area (Å²) in [5, 5.41) is 3.83. The second-order valence-electron chi connectivity index (χ2n) is 2.47. The minimum absolute atomic E-state index is 0.169. The van der Waals surface area contributed by atoms with Gasteiger partial charge in [0.2, 0.25) is 0 Å². The van der Waals surface area contributed by atoms with E-state index >= 15 is 0 Å². The maximum absolute atomic E-state index is 11.0. The molecule has 2 heterocycles. The third-order valence-electron chi connectivity index (χ3n) is 1.54. The van der Waals surface area contributed by atoms with Crippen LogP contribution in [-0.4, -0.2) is 19.6 Å². The Morgan fingerprint density at radius 1 is 1.54 bits per heavy atom. The van der Waals surface area contributed by atoms with Crippen molar-refractivity contribution in [3.05, 3.63) is 28.3 Å². The van der Waals surface area contributed by atoms with Crippen LogP contribution in [0.1, 0.15) is 5.69 Å². The van der Waals surface area contributed by atoms with Gasteiger partial charge in [-0.05, 0) is 18.5 Å². The van der Waals surface area contributed by atoms with Crippen molar-refractivity contribution in [1.29, 1.82) is 0 Å². The van der Waals surface area contributed by atoms with Crippen molar-refractivity contribution in [2.24, 2.45) is 0 Å². The van der Waals surface area contributed by atoms with Crippen molar-refractivity contribution in [2.45, 2.75) is 6.92 Å². The molecule has 0 radical (unpaired) electrons. The molecule has 0 aliphatic carbocycles. The molecule has 13 heavy (non-hydrogen) atoms. The SMILES string of the molecule is Cc1nnsc1-c1nccc(=O)[nH]1. The smallest absolute Gasteiger partial charge is 0.251 e. The summed E-state index contributed by atoms with van der Waals surface area (Å²) in [4.78, 5) is 18.4. The molecule has 2 rings (SSSR count). The maximum Gasteiger partial charge on any atom is 0.251 e. The summed E-state index contributed by atoms with van der Waals surface area (Å²) >= 11 is 1.22. The summed E-state index contributed by atoms with van der Waals surface area (Å²) in [6.45, 7) is 1.83. The van der Waals surface area contributed by atoms with Crippen LogP contribution in [0.5, 0.6) is 0 Å². The summed E-state index contributed by atoms with van der Waals surface area (Å²) < 4.78 is 3.76. The molecule has 5 nitrogen and oxygen atoms in total. The Labute approximate surface area is 77.6 Å². The Morgan fingerprint density at radius 2 is 2.38 bits per heavy atom. The third kappa shape index (κ3) is 1.48. The number of hydrogen-bond donors (Lipinski definition) is 1. The number of rotatable bonds is 1. The zero-order valence-electron chi connectivity index (χ0n) is 6.81. The molecule has 1 N–H and O–H groups in total. The van der Waals surface area contributed by atoms with E-state index in [9.17, 15) is 4.79 Å². The first kappa shape index (κ1) is 8.06. The highest BCUT2D eigenvalue weighted by Gasteiger charge is 2.07. The monoisotopic (exact) mass is 194 g/mol. The number of hydrogen-bond acceptors (Lipinski definition) is 5. The number of aryl methyl sites for hydroxylation is 1. The molecule has 2 aromatic heterocycles. The van der Waals surface area contributed by atoms with Crippen LogP contribution in [0.3, 0.4) is 0 Å². The summed E-state index contributed by atoms with van der Waals surface area (Å²) in [5.74, 6) is 0.528. The van der Waals surface area contributed by atoms with E-state index in [0.29, 0.717) is 5.82 Å². The van der Waals surface area contributed by atoms with Gasteiger partial charge in [0.15, 0.2) is 5.82 Å². The standard InChI is InChI=1S/C7H6N4OS/c1-4-6(13-11-10-4)7-8-3-2-5(12)9-7/h2-3H,1H3,(H,8,9,12). The molecule has 66 valence electrons. The maximum atomic E-state index is 11.0. The number of nitrogens with zero attached hydrogens (tertiary/aromatic N) is 3. The molecule has 0 aromatic carbocycles. The van der Waals surface area contributed by atoms with Crippen LogP contribution >= 0.6 is 11.5 Å². The van der Waals surface area contributed by atoms with Crippen LogP contribution in [0.25, 0.3) is 10.7 Å². The fraction of sp³-hybridized carbons (Fsp3) is 0.143. The van der Waals surface area contributed by atoms with E-state index in [-0.39, 0.29) is 5.56 Å². The predicted octanol–water partition coefficient (Wildman–Crippen LogP) is 0.597. The molecule has 6 heteroatoms. The Bertz CT molecular complexity index is 475. The molecule has 0 aliphatic heterocycles. The molecule has 0 saturated heterocycles. The number of aromatic amines is 1. The molecule has 0 unspecified atom stereocenters. The first-order chi connectivity index (χ1) is 6.27. The van der Waals surface area contributed by atoms with Gasteiger partial charge in [-0.25, -0.2) is 4.98 Å². The highest BCUT2D eigenvalue weighted by Crippen LogP contribution is 2.19. The van der Waals surface area contributed by atoms with Crippen LogP contribution in [-0.2, 0) is 0 Å². The fourth-order valence-electron chi connectivity index (χ4n) is 0.934. The topological polar surface area (TPSA) is 71.5 Å². The molecule has 0 bridgehead atoms. The van der Waals surface area contributed by atoms with E-state index in [2.05, 4.69) is 19.6 Å². The van der Waals surface area contributed by atoms with Crippen molar-refractivity contribution in [1.82, 2.24) is 19.6 Å². The van der Waals surface area contributed by atoms with Gasteiger partial charge >= 0.3 is 0 Å². The molecule has 0 fully saturated rings. The van der Waals surface area contributed by atoms with E-state index in [1.54, 1.807) is 0 Å². The average Bonchev–Trinajstić information content (AvgIpc) is 2.51. The summed E-state index contributed by atoms with van der Waals surface area (Å²) in [6, 6.07) is 1.37. The second kappa shape index (κ2) is 3.06. The normalized spacial score (nSPS) is 10.2. The average molecular weight is 194 g/mol. The van der Waals surface area contributed by atoms with E-state index in [1.165, 1.54) is 23.8 Å². The van der Waals surface area contributed by atoms with E-state index in [4.69, 9.17) is 0 Å². The van der Waals surface area contributed by atoms with Crippen LogP contribution < -0.4 is 5.56 Å². The zero-order chi connectivity index (χ0) is 9.26. The first-order valence-corrected chi connectivity index (χ1v) is 4.39. The molecule has 0 saturated carbocycles. The predicted molar refractivity (Wildman–Crippen MR) is 48.5 cm³/mol. The molecule has 0 spiro atoms. The fourth-order valence-corrected chi connectivity index (χ4v) is 1.54. The van der Waals surface area contributed by atoms with Gasteiger partial charge in [0.05, 0.1) is 5.69 Å². The largest absolute Gasteiger partial charge is 0.306 e. The van der Waals surface area contributed by atoms with Gasteiger partial charge in [-0.2, -0.15) is 0 Å². The zero-order valence-corrected chi connectivity index (χ0v) is 7.63. The molecule has 2 aromatic rings. The van der Waals surface area contributed by atoms with Gasteiger partial charge in [-0.15, -0.1) is 5.10 Å². The van der Waals surface area contributed by atoms with Gasteiger partial charge in [-0.1, -0.05) is 4.49 Å². The van der Waals surface area contributed by atoms with Crippen molar-refractivity contribution >= 4 is 11.5 Å². The van der Waals surface area contributed by atoms with Crippen LogP contribution in [0, 0.1) is 6.92 Å². The number of nitrogens with one attached hydrogen (secondary N) is 1.